The summed E-state index contributed by atoms with van der Waals surface area (Å²) in [6, 6.07) is 0. The van der Waals surface area contributed by atoms with Crippen molar-refractivity contribution in [1.82, 2.24) is 0 Å². The van der Waals surface area contributed by atoms with Crippen molar-refractivity contribution in [1.29, 1.82) is 0 Å². The summed E-state index contributed by atoms with van der Waals surface area (Å²) >= 11 is 0. The van der Waals surface area contributed by atoms with Crippen LogP contribution < -0.4 is 0 Å². The van der Waals surface area contributed by atoms with E-state index in [1.807, 2.05) is 13.0 Å². The summed E-state index contributed by atoms with van der Waals surface area (Å²) in [5, 5.41) is 10.6. The summed E-state index contributed by atoms with van der Waals surface area (Å²) in [4.78, 5) is 0. The second kappa shape index (κ2) is 4.03. The minimum absolute atomic E-state index is 0.128. The highest BCUT2D eigenvalue weighted by Gasteiger charge is 2.34. The van der Waals surface area contributed by atoms with Gasteiger partial charge in [0.05, 0.1) is 0 Å². The Morgan fingerprint density at radius 2 is 1.81 bits per heavy atom. The molecule has 0 aromatic carbocycles. The van der Waals surface area contributed by atoms with Crippen molar-refractivity contribution in [3.05, 3.63) is 23.8 Å². The molecule has 0 saturated carbocycles. The summed E-state index contributed by atoms with van der Waals surface area (Å²) in [6.07, 6.45) is 8.17. The molecule has 0 aromatic heterocycles. The van der Waals surface area contributed by atoms with Gasteiger partial charge in [-0.1, -0.05) is 52.8 Å². The molecule has 0 spiro atoms. The van der Waals surface area contributed by atoms with E-state index >= 15 is 0 Å². The van der Waals surface area contributed by atoms with Gasteiger partial charge in [-0.05, 0) is 36.2 Å². The van der Waals surface area contributed by atoms with E-state index in [1.165, 1.54) is 0 Å². The molecule has 0 heterocycles. The van der Waals surface area contributed by atoms with Crippen molar-refractivity contribution in [3.8, 4) is 0 Å². The van der Waals surface area contributed by atoms with Crippen LogP contribution >= 0.6 is 0 Å². The van der Waals surface area contributed by atoms with Gasteiger partial charge in [0.15, 0.2) is 0 Å². The van der Waals surface area contributed by atoms with E-state index in [2.05, 4.69) is 46.8 Å². The molecule has 16 heavy (non-hydrogen) atoms. The summed E-state index contributed by atoms with van der Waals surface area (Å²) in [5.41, 5.74) is 0.724. The Morgan fingerprint density at radius 1 is 1.25 bits per heavy atom. The number of aliphatic hydroxyl groups is 1. The maximum absolute atomic E-state index is 10.6. The fraction of sp³-hybridized carbons (Fsp3) is 0.733. The van der Waals surface area contributed by atoms with Crippen LogP contribution in [0.25, 0.3) is 0 Å². The third-order valence-electron chi connectivity index (χ3n) is 3.30. The van der Waals surface area contributed by atoms with Crippen molar-refractivity contribution in [3.63, 3.8) is 0 Å². The smallest absolute Gasteiger partial charge is 0.104 e. The summed E-state index contributed by atoms with van der Waals surface area (Å²) < 4.78 is 0. The molecule has 1 N–H and O–H groups in total. The van der Waals surface area contributed by atoms with Gasteiger partial charge in [0.2, 0.25) is 0 Å². The molecule has 1 nitrogen and oxygen atoms in total. The zero-order valence-electron chi connectivity index (χ0n) is 11.6. The van der Waals surface area contributed by atoms with Gasteiger partial charge in [0.25, 0.3) is 0 Å². The fourth-order valence-corrected chi connectivity index (χ4v) is 2.10. The zero-order valence-corrected chi connectivity index (χ0v) is 11.6. The van der Waals surface area contributed by atoms with E-state index in [-0.39, 0.29) is 10.8 Å². The Bertz CT molecular complexity index is 315. The zero-order chi connectivity index (χ0) is 12.6. The Labute approximate surface area is 100 Å². The van der Waals surface area contributed by atoms with Crippen molar-refractivity contribution >= 4 is 0 Å². The highest BCUT2D eigenvalue weighted by molar-refractivity contribution is 5.28. The molecular weight excluding hydrogens is 196 g/mol. The number of allylic oxidation sites excluding steroid dienone is 2. The largest absolute Gasteiger partial charge is 0.381 e. The fourth-order valence-electron chi connectivity index (χ4n) is 2.10. The topological polar surface area (TPSA) is 20.2 Å². The van der Waals surface area contributed by atoms with E-state index in [4.69, 9.17) is 0 Å². The first-order valence-electron chi connectivity index (χ1n) is 6.17. The van der Waals surface area contributed by atoms with Gasteiger partial charge in [-0.15, -0.1) is 0 Å². The lowest BCUT2D eigenvalue weighted by Crippen LogP contribution is -2.34. The average Bonchev–Trinajstić information content (AvgIpc) is 2.08. The SMILES string of the molecule is CC1=CC(C)(C)CCC1(O)/C=C/C(C)(C)C. The van der Waals surface area contributed by atoms with E-state index in [9.17, 15) is 5.11 Å². The van der Waals surface area contributed by atoms with E-state index in [0.717, 1.165) is 18.4 Å². The van der Waals surface area contributed by atoms with Gasteiger partial charge in [0, 0.05) is 0 Å². The minimum Gasteiger partial charge on any atom is -0.381 e. The third-order valence-corrected chi connectivity index (χ3v) is 3.30. The molecule has 1 rings (SSSR count). The quantitative estimate of drug-likeness (QED) is 0.663. The van der Waals surface area contributed by atoms with Crippen molar-refractivity contribution in [2.24, 2.45) is 10.8 Å². The Kier molecular flexibility index (Phi) is 3.40. The van der Waals surface area contributed by atoms with Crippen LogP contribution in [0.2, 0.25) is 0 Å². The van der Waals surface area contributed by atoms with Gasteiger partial charge < -0.3 is 5.11 Å². The molecule has 0 saturated heterocycles. The number of hydrogen-bond acceptors (Lipinski definition) is 1. The molecular formula is C15H26O. The van der Waals surface area contributed by atoms with Gasteiger partial charge in [0.1, 0.15) is 5.60 Å². The maximum Gasteiger partial charge on any atom is 0.104 e. The molecule has 1 aliphatic rings. The van der Waals surface area contributed by atoms with Crippen LogP contribution in [0.3, 0.4) is 0 Å². The monoisotopic (exact) mass is 222 g/mol. The molecule has 0 aliphatic heterocycles. The molecule has 1 atom stereocenters. The maximum atomic E-state index is 10.6. The van der Waals surface area contributed by atoms with Gasteiger partial charge in [-0.2, -0.15) is 0 Å². The number of rotatable bonds is 1. The standard InChI is InChI=1S/C15H26O/c1-12-11-14(5,6)8-10-15(12,16)9-7-13(2,3)4/h7,9,11,16H,8,10H2,1-6H3/b9-7+. The van der Waals surface area contributed by atoms with Crippen LogP contribution in [-0.4, -0.2) is 10.7 Å². The summed E-state index contributed by atoms with van der Waals surface area (Å²) in [5.74, 6) is 0. The Morgan fingerprint density at radius 3 is 2.25 bits per heavy atom. The molecule has 0 bridgehead atoms. The van der Waals surface area contributed by atoms with Crippen molar-refractivity contribution in [2.75, 3.05) is 0 Å². The Hall–Kier alpha value is -0.560. The molecule has 92 valence electrons. The molecule has 0 fully saturated rings. The van der Waals surface area contributed by atoms with Gasteiger partial charge in [-0.3, -0.25) is 0 Å². The van der Waals surface area contributed by atoms with Gasteiger partial charge >= 0.3 is 0 Å². The Balaban J connectivity index is 2.93. The summed E-state index contributed by atoms with van der Waals surface area (Å²) in [6.45, 7) is 12.9. The molecule has 0 amide bonds. The van der Waals surface area contributed by atoms with Crippen molar-refractivity contribution in [2.45, 2.75) is 60.0 Å². The molecule has 1 unspecified atom stereocenters. The van der Waals surface area contributed by atoms with Gasteiger partial charge in [-0.25, -0.2) is 0 Å². The highest BCUT2D eigenvalue weighted by atomic mass is 16.3. The van der Waals surface area contributed by atoms with Crippen LogP contribution in [0.4, 0.5) is 0 Å². The van der Waals surface area contributed by atoms with Crippen LogP contribution in [0.5, 0.6) is 0 Å². The molecule has 1 aliphatic carbocycles. The van der Waals surface area contributed by atoms with Crippen LogP contribution in [0, 0.1) is 10.8 Å². The first-order chi connectivity index (χ1) is 7.04. The lowest BCUT2D eigenvalue weighted by molar-refractivity contribution is 0.0929. The summed E-state index contributed by atoms with van der Waals surface area (Å²) in [7, 11) is 0. The molecule has 0 aromatic rings. The second-order valence-electron chi connectivity index (χ2n) is 6.94. The lowest BCUT2D eigenvalue weighted by Gasteiger charge is -2.37. The van der Waals surface area contributed by atoms with E-state index in [1.54, 1.807) is 0 Å². The first kappa shape index (κ1) is 13.5. The van der Waals surface area contributed by atoms with Crippen LogP contribution in [0.15, 0.2) is 23.8 Å². The van der Waals surface area contributed by atoms with E-state index < -0.39 is 5.60 Å². The normalized spacial score (nSPS) is 30.6. The first-order valence-corrected chi connectivity index (χ1v) is 6.17. The van der Waals surface area contributed by atoms with Crippen molar-refractivity contribution < 1.29 is 5.11 Å². The van der Waals surface area contributed by atoms with Crippen LogP contribution in [-0.2, 0) is 0 Å². The molecule has 0 radical (unpaired) electrons. The predicted molar refractivity (Wildman–Crippen MR) is 70.3 cm³/mol. The second-order valence-corrected chi connectivity index (χ2v) is 6.94. The van der Waals surface area contributed by atoms with Crippen LogP contribution in [0.1, 0.15) is 54.4 Å². The molecule has 1 heteroatoms. The highest BCUT2D eigenvalue weighted by Crippen LogP contribution is 2.40. The lowest BCUT2D eigenvalue weighted by atomic mass is 9.72. The minimum atomic E-state index is -0.719. The predicted octanol–water partition coefficient (Wildman–Crippen LogP) is 4.09. The number of hydrogen-bond donors (Lipinski definition) is 1. The average molecular weight is 222 g/mol. The third kappa shape index (κ3) is 3.48. The van der Waals surface area contributed by atoms with E-state index in [0.29, 0.717) is 0 Å².